The largest absolute Gasteiger partial charge is 0.497 e. The number of halogens is 3. The lowest BCUT2D eigenvalue weighted by Gasteiger charge is -2.44. The van der Waals surface area contributed by atoms with Crippen LogP contribution in [0.25, 0.3) is 0 Å². The molecule has 7 nitrogen and oxygen atoms in total. The van der Waals surface area contributed by atoms with E-state index in [-0.39, 0.29) is 25.1 Å². The minimum atomic E-state index is -4.53. The predicted octanol–water partition coefficient (Wildman–Crippen LogP) is 8.20. The average Bonchev–Trinajstić information content (AvgIpc) is 3.04. The lowest BCUT2D eigenvalue weighted by atomic mass is 9.73. The third-order valence-corrected chi connectivity index (χ3v) is 8.26. The summed E-state index contributed by atoms with van der Waals surface area (Å²) in [4.78, 5) is 45.1. The van der Waals surface area contributed by atoms with E-state index in [9.17, 15) is 27.6 Å². The normalized spacial score (nSPS) is 17.2. The molecule has 240 valence electrons. The van der Waals surface area contributed by atoms with Crippen LogP contribution in [-0.2, 0) is 28.7 Å². The molecule has 4 rings (SSSR count). The summed E-state index contributed by atoms with van der Waals surface area (Å²) in [6.45, 7) is 2.01. The Morgan fingerprint density at radius 3 is 1.78 bits per heavy atom. The second-order valence-electron chi connectivity index (χ2n) is 11.3. The standard InChI is InChI=1S/C35H39F3N2O5/c1-4-5-6-7-8-9-22-34(23-25-10-14-27(15-11-25)35(36,37)38)31(41)39(24-26-12-18-29(44-2)19-13-26)33(43)40(32(34)42)28-16-20-30(45-3)21-17-28/h10-21H,4-9,22-24H2,1-3H3. The van der Waals surface area contributed by atoms with Crippen molar-refractivity contribution in [1.82, 2.24) is 4.90 Å². The van der Waals surface area contributed by atoms with Crippen LogP contribution < -0.4 is 14.4 Å². The Morgan fingerprint density at radius 1 is 0.689 bits per heavy atom. The van der Waals surface area contributed by atoms with Gasteiger partial charge >= 0.3 is 12.2 Å². The van der Waals surface area contributed by atoms with E-state index in [1.807, 2.05) is 0 Å². The quantitative estimate of drug-likeness (QED) is 0.134. The first-order valence-electron chi connectivity index (χ1n) is 15.2. The fourth-order valence-corrected chi connectivity index (χ4v) is 5.69. The molecule has 0 aliphatic carbocycles. The van der Waals surface area contributed by atoms with E-state index in [1.165, 1.54) is 26.4 Å². The minimum absolute atomic E-state index is 0.104. The van der Waals surface area contributed by atoms with Crippen molar-refractivity contribution in [3.05, 3.63) is 89.5 Å². The molecule has 0 saturated carbocycles. The van der Waals surface area contributed by atoms with Crippen LogP contribution in [0.1, 0.15) is 68.6 Å². The molecule has 45 heavy (non-hydrogen) atoms. The van der Waals surface area contributed by atoms with Gasteiger partial charge in [0, 0.05) is 0 Å². The number of alkyl halides is 3. The number of unbranched alkanes of at least 4 members (excludes halogenated alkanes) is 5. The Balaban J connectivity index is 1.79. The minimum Gasteiger partial charge on any atom is -0.497 e. The van der Waals surface area contributed by atoms with Crippen LogP contribution in [0.3, 0.4) is 0 Å². The van der Waals surface area contributed by atoms with E-state index in [0.29, 0.717) is 29.0 Å². The lowest BCUT2D eigenvalue weighted by molar-refractivity contribution is -0.151. The molecule has 3 aromatic carbocycles. The summed E-state index contributed by atoms with van der Waals surface area (Å²) in [5.74, 6) is -0.233. The number of hydrogen-bond acceptors (Lipinski definition) is 5. The molecule has 1 aliphatic heterocycles. The number of rotatable bonds is 14. The number of ether oxygens (including phenoxy) is 2. The highest BCUT2D eigenvalue weighted by Crippen LogP contribution is 2.41. The molecule has 10 heteroatoms. The molecular formula is C35H39F3N2O5. The van der Waals surface area contributed by atoms with Crippen molar-refractivity contribution in [2.75, 3.05) is 19.1 Å². The first kappa shape index (κ1) is 33.6. The van der Waals surface area contributed by atoms with Gasteiger partial charge in [-0.15, -0.1) is 0 Å². The molecule has 3 aromatic rings. The van der Waals surface area contributed by atoms with Crippen LogP contribution in [0.15, 0.2) is 72.8 Å². The van der Waals surface area contributed by atoms with Crippen molar-refractivity contribution in [2.24, 2.45) is 5.41 Å². The number of benzene rings is 3. The number of amides is 4. The number of hydrogen-bond donors (Lipinski definition) is 0. The third kappa shape index (κ3) is 7.67. The highest BCUT2D eigenvalue weighted by molar-refractivity contribution is 6.29. The zero-order chi connectivity index (χ0) is 32.6. The summed E-state index contributed by atoms with van der Waals surface area (Å²) < 4.78 is 50.5. The molecule has 1 atom stereocenters. The Hall–Kier alpha value is -4.34. The van der Waals surface area contributed by atoms with Gasteiger partial charge in [0.1, 0.15) is 16.9 Å². The number of carbonyl (C=O) groups is 3. The number of imide groups is 2. The molecule has 1 saturated heterocycles. The molecule has 1 unspecified atom stereocenters. The predicted molar refractivity (Wildman–Crippen MR) is 165 cm³/mol. The van der Waals surface area contributed by atoms with Gasteiger partial charge in [0.15, 0.2) is 0 Å². The van der Waals surface area contributed by atoms with Gasteiger partial charge in [0.05, 0.1) is 32.0 Å². The number of nitrogens with zero attached hydrogens (tertiary/aromatic N) is 2. The second-order valence-corrected chi connectivity index (χ2v) is 11.3. The van der Waals surface area contributed by atoms with Crippen molar-refractivity contribution in [1.29, 1.82) is 0 Å². The van der Waals surface area contributed by atoms with Crippen molar-refractivity contribution >= 4 is 23.5 Å². The topological polar surface area (TPSA) is 76.2 Å². The molecule has 0 radical (unpaired) electrons. The van der Waals surface area contributed by atoms with Gasteiger partial charge in [0.2, 0.25) is 5.91 Å². The summed E-state index contributed by atoms with van der Waals surface area (Å²) in [7, 11) is 3.03. The highest BCUT2D eigenvalue weighted by atomic mass is 19.4. The maximum Gasteiger partial charge on any atom is 0.416 e. The number of barbiturate groups is 1. The fraction of sp³-hybridized carbons (Fsp3) is 0.400. The Bertz CT molecular complexity index is 1460. The monoisotopic (exact) mass is 624 g/mol. The van der Waals surface area contributed by atoms with Gasteiger partial charge in [-0.1, -0.05) is 69.7 Å². The van der Waals surface area contributed by atoms with E-state index in [1.54, 1.807) is 48.5 Å². The number of urea groups is 1. The van der Waals surface area contributed by atoms with Gasteiger partial charge < -0.3 is 9.47 Å². The third-order valence-electron chi connectivity index (χ3n) is 8.26. The first-order chi connectivity index (χ1) is 21.5. The van der Waals surface area contributed by atoms with Crippen LogP contribution in [0.4, 0.5) is 23.7 Å². The summed E-state index contributed by atoms with van der Waals surface area (Å²) >= 11 is 0. The van der Waals surface area contributed by atoms with Gasteiger partial charge in [-0.25, -0.2) is 9.69 Å². The smallest absolute Gasteiger partial charge is 0.416 e. The van der Waals surface area contributed by atoms with Gasteiger partial charge in [-0.05, 0) is 72.5 Å². The molecule has 4 amide bonds. The fourth-order valence-electron chi connectivity index (χ4n) is 5.69. The zero-order valence-electron chi connectivity index (χ0n) is 25.9. The second kappa shape index (κ2) is 14.6. The number of anilines is 1. The molecule has 1 aliphatic rings. The number of methoxy groups -OCH3 is 2. The van der Waals surface area contributed by atoms with Gasteiger partial charge in [-0.2, -0.15) is 13.2 Å². The Morgan fingerprint density at radius 2 is 1.22 bits per heavy atom. The summed E-state index contributed by atoms with van der Waals surface area (Å²) in [6, 6.07) is 17.0. The molecule has 1 fully saturated rings. The van der Waals surface area contributed by atoms with Crippen LogP contribution >= 0.6 is 0 Å². The van der Waals surface area contributed by atoms with Crippen molar-refractivity contribution in [3.63, 3.8) is 0 Å². The van der Waals surface area contributed by atoms with Gasteiger partial charge in [0.25, 0.3) is 5.91 Å². The van der Waals surface area contributed by atoms with E-state index >= 15 is 0 Å². The van der Waals surface area contributed by atoms with E-state index in [4.69, 9.17) is 9.47 Å². The van der Waals surface area contributed by atoms with E-state index in [0.717, 1.165) is 54.0 Å². The summed E-state index contributed by atoms with van der Waals surface area (Å²) in [6.07, 6.45) is 0.824. The summed E-state index contributed by atoms with van der Waals surface area (Å²) in [5, 5.41) is 0. The molecule has 0 N–H and O–H groups in total. The SMILES string of the molecule is CCCCCCCCC1(Cc2ccc(C(F)(F)F)cc2)C(=O)N(Cc2ccc(OC)cc2)C(=O)N(c2ccc(OC)cc2)C1=O. The summed E-state index contributed by atoms with van der Waals surface area (Å²) in [5.41, 5.74) is -1.25. The van der Waals surface area contributed by atoms with Crippen LogP contribution in [0, 0.1) is 5.41 Å². The Labute approximate surface area is 261 Å². The first-order valence-corrected chi connectivity index (χ1v) is 15.2. The lowest BCUT2D eigenvalue weighted by Crippen LogP contribution is -2.66. The van der Waals surface area contributed by atoms with Crippen LogP contribution in [-0.4, -0.2) is 37.0 Å². The molecule has 1 heterocycles. The van der Waals surface area contributed by atoms with Gasteiger partial charge in [-0.3, -0.25) is 14.5 Å². The van der Waals surface area contributed by atoms with E-state index < -0.39 is 35.0 Å². The molecule has 0 bridgehead atoms. The molecular weight excluding hydrogens is 585 g/mol. The maximum atomic E-state index is 14.5. The average molecular weight is 625 g/mol. The van der Waals surface area contributed by atoms with Crippen molar-refractivity contribution < 1.29 is 37.0 Å². The molecule has 0 aromatic heterocycles. The number of carbonyl (C=O) groups excluding carboxylic acids is 3. The van der Waals surface area contributed by atoms with Crippen LogP contribution in [0.5, 0.6) is 11.5 Å². The van der Waals surface area contributed by atoms with Crippen molar-refractivity contribution in [2.45, 2.75) is 71.0 Å². The molecule has 0 spiro atoms. The van der Waals surface area contributed by atoms with E-state index in [2.05, 4.69) is 6.92 Å². The maximum absolute atomic E-state index is 14.5. The van der Waals surface area contributed by atoms with Crippen molar-refractivity contribution in [3.8, 4) is 11.5 Å². The zero-order valence-corrected chi connectivity index (χ0v) is 25.9. The highest BCUT2D eigenvalue weighted by Gasteiger charge is 2.57. The Kier molecular flexibility index (Phi) is 10.9. The van der Waals surface area contributed by atoms with Crippen LogP contribution in [0.2, 0.25) is 0 Å².